The Morgan fingerprint density at radius 1 is 0.938 bits per heavy atom. The smallest absolute Gasteiger partial charge is 0.147 e. The summed E-state index contributed by atoms with van der Waals surface area (Å²) < 4.78 is 0. The molecule has 0 bridgehead atoms. The first-order valence-corrected chi connectivity index (χ1v) is 7.61. The molecule has 0 heterocycles. The number of carbonyl (C=O) groups excluding carboxylic acids is 2. The van der Waals surface area contributed by atoms with Gasteiger partial charge in [-0.1, -0.05) is 21.6 Å². The molecule has 0 rings (SSSR count). The fraction of sp³-hybridized carbons (Fsp3) is 0.800. The van der Waals surface area contributed by atoms with Crippen molar-refractivity contribution in [3.8, 4) is 0 Å². The van der Waals surface area contributed by atoms with Gasteiger partial charge < -0.3 is 10.6 Å². The highest BCUT2D eigenvalue weighted by atomic mass is 33.1. The first-order chi connectivity index (χ1) is 7.52. The number of nitrogens with one attached hydrogen (secondary N) is 2. The number of rotatable bonds is 9. The van der Waals surface area contributed by atoms with E-state index >= 15 is 0 Å². The van der Waals surface area contributed by atoms with Crippen molar-refractivity contribution in [2.45, 2.75) is 25.9 Å². The third-order valence-electron chi connectivity index (χ3n) is 2.23. The lowest BCUT2D eigenvalue weighted by Crippen LogP contribution is -2.35. The molecule has 2 N–H and O–H groups in total. The molecule has 0 saturated heterocycles. The maximum atomic E-state index is 11.1. The van der Waals surface area contributed by atoms with Gasteiger partial charge in [-0.2, -0.15) is 0 Å². The maximum Gasteiger partial charge on any atom is 0.147 e. The second-order valence-corrected chi connectivity index (χ2v) is 6.03. The molecular formula is C10H20N2O2S2. The van der Waals surface area contributed by atoms with Crippen molar-refractivity contribution in [2.24, 2.45) is 0 Å². The van der Waals surface area contributed by atoms with Crippen LogP contribution in [0.3, 0.4) is 0 Å². The molecule has 6 heteroatoms. The molecule has 0 radical (unpaired) electrons. The summed E-state index contributed by atoms with van der Waals surface area (Å²) in [7, 11) is 6.79. The van der Waals surface area contributed by atoms with Crippen LogP contribution in [-0.4, -0.2) is 49.3 Å². The number of carbonyl (C=O) groups is 2. The lowest BCUT2D eigenvalue weighted by atomic mass is 10.2. The molecule has 0 aliphatic carbocycles. The summed E-state index contributed by atoms with van der Waals surface area (Å²) in [5.74, 6) is 1.75. The van der Waals surface area contributed by atoms with E-state index in [9.17, 15) is 9.59 Å². The van der Waals surface area contributed by atoms with Gasteiger partial charge in [0.05, 0.1) is 12.1 Å². The molecule has 2 atom stereocenters. The van der Waals surface area contributed by atoms with E-state index in [-0.39, 0.29) is 23.7 Å². The average Bonchev–Trinajstić information content (AvgIpc) is 2.22. The van der Waals surface area contributed by atoms with Crippen molar-refractivity contribution >= 4 is 33.2 Å². The number of likely N-dealkylation sites (N-methyl/N-ethyl adjacent to an activating group) is 2. The lowest BCUT2D eigenvalue weighted by Gasteiger charge is -2.14. The van der Waals surface area contributed by atoms with Gasteiger partial charge in [-0.3, -0.25) is 9.59 Å². The molecule has 0 saturated carbocycles. The van der Waals surface area contributed by atoms with E-state index in [0.717, 1.165) is 11.5 Å². The van der Waals surface area contributed by atoms with Gasteiger partial charge in [0, 0.05) is 11.5 Å². The summed E-state index contributed by atoms with van der Waals surface area (Å²) in [6.07, 6.45) is 0. The second kappa shape index (κ2) is 9.04. The Labute approximate surface area is 105 Å². The summed E-state index contributed by atoms with van der Waals surface area (Å²) in [6, 6.07) is -0.189. The molecular weight excluding hydrogens is 244 g/mol. The normalized spacial score (nSPS) is 14.5. The van der Waals surface area contributed by atoms with Crippen LogP contribution in [0, 0.1) is 0 Å². The molecule has 0 aromatic carbocycles. The van der Waals surface area contributed by atoms with Crippen LogP contribution in [0.15, 0.2) is 0 Å². The summed E-state index contributed by atoms with van der Waals surface area (Å²) >= 11 is 0. The largest absolute Gasteiger partial charge is 0.310 e. The summed E-state index contributed by atoms with van der Waals surface area (Å²) in [6.45, 7) is 3.16. The highest BCUT2D eigenvalue weighted by molar-refractivity contribution is 8.76. The van der Waals surface area contributed by atoms with Crippen LogP contribution < -0.4 is 10.6 Å². The van der Waals surface area contributed by atoms with Crippen molar-refractivity contribution in [2.75, 3.05) is 25.6 Å². The van der Waals surface area contributed by atoms with Gasteiger partial charge in [0.1, 0.15) is 11.6 Å². The number of ketones is 2. The third-order valence-corrected chi connectivity index (χ3v) is 4.65. The van der Waals surface area contributed by atoms with Gasteiger partial charge in [0.15, 0.2) is 0 Å². The van der Waals surface area contributed by atoms with Crippen LogP contribution in [0.2, 0.25) is 0 Å². The van der Waals surface area contributed by atoms with Crippen molar-refractivity contribution in [3.05, 3.63) is 0 Å². The van der Waals surface area contributed by atoms with Gasteiger partial charge in [-0.15, -0.1) is 0 Å². The Bertz CT molecular complexity index is 213. The minimum absolute atomic E-state index is 0.0946. The van der Waals surface area contributed by atoms with Gasteiger partial charge in [0.25, 0.3) is 0 Å². The lowest BCUT2D eigenvalue weighted by molar-refractivity contribution is -0.119. The Morgan fingerprint density at radius 2 is 1.25 bits per heavy atom. The monoisotopic (exact) mass is 264 g/mol. The Balaban J connectivity index is 3.73. The highest BCUT2D eigenvalue weighted by Gasteiger charge is 2.14. The standard InChI is InChI=1S/C10H20N2O2S2/c1-7(13)9(11-3)5-15-16-6-10(12-4)8(2)14/h9-12H,5-6H2,1-4H3/t9-,10?/m0/s1. The van der Waals surface area contributed by atoms with Gasteiger partial charge in [-0.25, -0.2) is 0 Å². The van der Waals surface area contributed by atoms with Gasteiger partial charge >= 0.3 is 0 Å². The molecule has 4 nitrogen and oxygen atoms in total. The molecule has 0 aliphatic rings. The van der Waals surface area contributed by atoms with E-state index in [4.69, 9.17) is 0 Å². The molecule has 94 valence electrons. The average molecular weight is 264 g/mol. The molecule has 16 heavy (non-hydrogen) atoms. The Kier molecular flexibility index (Phi) is 9.02. The predicted octanol–water partition coefficient (Wildman–Crippen LogP) is 0.722. The number of hydrogen-bond acceptors (Lipinski definition) is 6. The third kappa shape index (κ3) is 6.52. The molecule has 1 unspecified atom stereocenters. The molecule has 0 aliphatic heterocycles. The zero-order valence-corrected chi connectivity index (χ0v) is 11.8. The summed E-state index contributed by atoms with van der Waals surface area (Å²) in [5, 5.41) is 5.92. The van der Waals surface area contributed by atoms with Crippen molar-refractivity contribution < 1.29 is 9.59 Å². The zero-order valence-electron chi connectivity index (χ0n) is 10.2. The van der Waals surface area contributed by atoms with Crippen LogP contribution in [0.1, 0.15) is 13.8 Å². The van der Waals surface area contributed by atoms with Crippen molar-refractivity contribution in [1.29, 1.82) is 0 Å². The Morgan fingerprint density at radius 3 is 1.44 bits per heavy atom. The SMILES string of the molecule is CNC(CSSC[C@H](NC)C(C)=O)C(C)=O. The fourth-order valence-electron chi connectivity index (χ4n) is 1.04. The van der Waals surface area contributed by atoms with Gasteiger partial charge in [-0.05, 0) is 27.9 Å². The van der Waals surface area contributed by atoms with Crippen LogP contribution >= 0.6 is 21.6 Å². The van der Waals surface area contributed by atoms with E-state index < -0.39 is 0 Å². The Hall–Kier alpha value is -0.0400. The first kappa shape index (κ1) is 16.0. The van der Waals surface area contributed by atoms with E-state index in [2.05, 4.69) is 10.6 Å². The maximum absolute atomic E-state index is 11.1. The minimum Gasteiger partial charge on any atom is -0.310 e. The van der Waals surface area contributed by atoms with Crippen LogP contribution in [0.4, 0.5) is 0 Å². The van der Waals surface area contributed by atoms with E-state index in [1.807, 2.05) is 0 Å². The summed E-state index contributed by atoms with van der Waals surface area (Å²) in [4.78, 5) is 22.2. The molecule has 0 spiro atoms. The quantitative estimate of drug-likeness (QED) is 0.473. The van der Waals surface area contributed by atoms with Crippen LogP contribution in [-0.2, 0) is 9.59 Å². The van der Waals surface area contributed by atoms with Crippen molar-refractivity contribution in [3.63, 3.8) is 0 Å². The van der Waals surface area contributed by atoms with E-state index in [1.165, 1.54) is 0 Å². The van der Waals surface area contributed by atoms with Gasteiger partial charge in [0.2, 0.25) is 0 Å². The van der Waals surface area contributed by atoms with Crippen LogP contribution in [0.5, 0.6) is 0 Å². The molecule has 0 fully saturated rings. The number of Topliss-reactive ketones (excluding diaryl/α,β-unsaturated/α-hetero) is 2. The van der Waals surface area contributed by atoms with E-state index in [0.29, 0.717) is 0 Å². The minimum atomic E-state index is -0.0946. The van der Waals surface area contributed by atoms with Crippen molar-refractivity contribution in [1.82, 2.24) is 10.6 Å². The zero-order chi connectivity index (χ0) is 12.6. The van der Waals surface area contributed by atoms with E-state index in [1.54, 1.807) is 49.5 Å². The topological polar surface area (TPSA) is 58.2 Å². The highest BCUT2D eigenvalue weighted by Crippen LogP contribution is 2.23. The number of hydrogen-bond donors (Lipinski definition) is 2. The second-order valence-electron chi connectivity index (χ2n) is 3.47. The molecule has 0 aromatic rings. The summed E-state index contributed by atoms with van der Waals surface area (Å²) in [5.41, 5.74) is 0. The first-order valence-electron chi connectivity index (χ1n) is 5.12. The molecule has 0 amide bonds. The fourth-order valence-corrected chi connectivity index (χ4v) is 3.70. The predicted molar refractivity (Wildman–Crippen MR) is 72.0 cm³/mol. The van der Waals surface area contributed by atoms with Crippen LogP contribution in [0.25, 0.3) is 0 Å². The molecule has 0 aromatic heterocycles.